The Bertz CT molecular complexity index is 141. The summed E-state index contributed by atoms with van der Waals surface area (Å²) in [5.41, 5.74) is 0. The van der Waals surface area contributed by atoms with Gasteiger partial charge in [-0.3, -0.25) is 4.79 Å². The Morgan fingerprint density at radius 1 is 1.33 bits per heavy atom. The summed E-state index contributed by atoms with van der Waals surface area (Å²) in [6, 6.07) is 0. The molecule has 1 rings (SSSR count). The number of carbonyl (C=O) groups is 1. The maximum Gasteiger partial charge on any atom is 0.306 e. The smallest absolute Gasteiger partial charge is 0.306 e. The van der Waals surface area contributed by atoms with Crippen molar-refractivity contribution in [3.05, 3.63) is 0 Å². The first-order chi connectivity index (χ1) is 5.83. The molecule has 2 nitrogen and oxygen atoms in total. The number of hydrogen-bond donors (Lipinski definition) is 0. The van der Waals surface area contributed by atoms with Crippen LogP contribution in [-0.2, 0) is 9.53 Å². The quantitative estimate of drug-likeness (QED) is 0.452. The normalized spacial score (nSPS) is 19.1. The van der Waals surface area contributed by atoms with E-state index in [9.17, 15) is 4.79 Å². The van der Waals surface area contributed by atoms with Crippen molar-refractivity contribution in [2.24, 2.45) is 0 Å². The Kier molecular flexibility index (Phi) is 4.95. The lowest BCUT2D eigenvalue weighted by molar-refractivity contribution is -0.149. The summed E-state index contributed by atoms with van der Waals surface area (Å²) in [5.74, 6) is -0.0173. The molecule has 0 amide bonds. The summed E-state index contributed by atoms with van der Waals surface area (Å²) >= 11 is 2.20. The highest BCUT2D eigenvalue weighted by molar-refractivity contribution is 14.1. The predicted molar refractivity (Wildman–Crippen MR) is 56.5 cm³/mol. The van der Waals surface area contributed by atoms with Crippen LogP contribution in [0.15, 0.2) is 0 Å². The first-order valence-electron chi connectivity index (χ1n) is 4.58. The molecule has 0 heterocycles. The lowest BCUT2D eigenvalue weighted by atomic mass is 9.98. The number of carbonyl (C=O) groups excluding carboxylic acids is 1. The molecule has 0 aromatic rings. The van der Waals surface area contributed by atoms with Crippen molar-refractivity contribution in [3.8, 4) is 0 Å². The molecule has 3 heteroatoms. The number of halogens is 1. The molecule has 12 heavy (non-hydrogen) atoms. The van der Waals surface area contributed by atoms with Gasteiger partial charge in [0.05, 0.1) is 6.42 Å². The van der Waals surface area contributed by atoms with Gasteiger partial charge >= 0.3 is 5.97 Å². The van der Waals surface area contributed by atoms with Gasteiger partial charge in [0, 0.05) is 4.43 Å². The molecule has 70 valence electrons. The van der Waals surface area contributed by atoms with Gasteiger partial charge < -0.3 is 4.74 Å². The van der Waals surface area contributed by atoms with Gasteiger partial charge in [0.1, 0.15) is 6.10 Å². The highest BCUT2D eigenvalue weighted by Crippen LogP contribution is 2.20. The van der Waals surface area contributed by atoms with E-state index in [1.165, 1.54) is 19.3 Å². The maximum absolute atomic E-state index is 11.1. The number of rotatable bonds is 3. The van der Waals surface area contributed by atoms with Crippen molar-refractivity contribution in [2.45, 2.75) is 44.6 Å². The first kappa shape index (κ1) is 10.3. The van der Waals surface area contributed by atoms with E-state index in [4.69, 9.17) is 4.74 Å². The Balaban J connectivity index is 2.15. The number of alkyl halides is 1. The minimum atomic E-state index is -0.0173. The third kappa shape index (κ3) is 3.74. The van der Waals surface area contributed by atoms with E-state index in [0.717, 1.165) is 17.3 Å². The fraction of sp³-hybridized carbons (Fsp3) is 0.889. The minimum Gasteiger partial charge on any atom is -0.462 e. The molecular formula is C9H15IO2. The Morgan fingerprint density at radius 2 is 2.00 bits per heavy atom. The molecule has 0 spiro atoms. The molecule has 0 aromatic carbocycles. The first-order valence-corrected chi connectivity index (χ1v) is 6.11. The SMILES string of the molecule is O=C(CCI)OC1CCCCC1. The van der Waals surface area contributed by atoms with E-state index < -0.39 is 0 Å². The van der Waals surface area contributed by atoms with Crippen molar-refractivity contribution >= 4 is 28.6 Å². The maximum atomic E-state index is 11.1. The molecule has 1 fully saturated rings. The highest BCUT2D eigenvalue weighted by atomic mass is 127. The van der Waals surface area contributed by atoms with E-state index in [1.807, 2.05) is 0 Å². The van der Waals surface area contributed by atoms with E-state index in [2.05, 4.69) is 22.6 Å². The summed E-state index contributed by atoms with van der Waals surface area (Å²) < 4.78 is 6.15. The van der Waals surface area contributed by atoms with Gasteiger partial charge in [0.2, 0.25) is 0 Å². The standard InChI is InChI=1S/C9H15IO2/c10-7-6-9(11)12-8-4-2-1-3-5-8/h8H,1-7H2. The second kappa shape index (κ2) is 5.78. The number of hydrogen-bond acceptors (Lipinski definition) is 2. The van der Waals surface area contributed by atoms with E-state index in [-0.39, 0.29) is 12.1 Å². The fourth-order valence-electron chi connectivity index (χ4n) is 1.50. The van der Waals surface area contributed by atoms with Crippen molar-refractivity contribution < 1.29 is 9.53 Å². The zero-order chi connectivity index (χ0) is 8.81. The molecule has 0 N–H and O–H groups in total. The van der Waals surface area contributed by atoms with Crippen LogP contribution in [0.1, 0.15) is 38.5 Å². The van der Waals surface area contributed by atoms with Gasteiger partial charge in [-0.25, -0.2) is 0 Å². The van der Waals surface area contributed by atoms with Crippen molar-refractivity contribution in [1.29, 1.82) is 0 Å². The van der Waals surface area contributed by atoms with E-state index in [0.29, 0.717) is 6.42 Å². The molecular weight excluding hydrogens is 267 g/mol. The van der Waals surface area contributed by atoms with E-state index >= 15 is 0 Å². The molecule has 0 atom stereocenters. The monoisotopic (exact) mass is 282 g/mol. The number of ether oxygens (including phenoxy) is 1. The largest absolute Gasteiger partial charge is 0.462 e. The molecule has 0 saturated heterocycles. The Morgan fingerprint density at radius 3 is 2.58 bits per heavy atom. The molecule has 1 saturated carbocycles. The summed E-state index contributed by atoms with van der Waals surface area (Å²) in [7, 11) is 0. The van der Waals surface area contributed by atoms with Crippen LogP contribution >= 0.6 is 22.6 Å². The zero-order valence-electron chi connectivity index (χ0n) is 7.22. The molecule has 1 aliphatic carbocycles. The molecule has 1 aliphatic rings. The van der Waals surface area contributed by atoms with Crippen molar-refractivity contribution in [2.75, 3.05) is 4.43 Å². The molecule has 0 aromatic heterocycles. The number of esters is 1. The predicted octanol–water partition coefficient (Wildman–Crippen LogP) is 2.69. The topological polar surface area (TPSA) is 26.3 Å². The highest BCUT2D eigenvalue weighted by Gasteiger charge is 2.16. The fourth-order valence-corrected chi connectivity index (χ4v) is 1.95. The average molecular weight is 282 g/mol. The molecule has 0 bridgehead atoms. The van der Waals surface area contributed by atoms with Crippen molar-refractivity contribution in [3.63, 3.8) is 0 Å². The van der Waals surface area contributed by atoms with Crippen LogP contribution in [0, 0.1) is 0 Å². The van der Waals surface area contributed by atoms with Gasteiger partial charge in [-0.15, -0.1) is 0 Å². The zero-order valence-corrected chi connectivity index (χ0v) is 9.38. The van der Waals surface area contributed by atoms with Crippen LogP contribution in [0.4, 0.5) is 0 Å². The van der Waals surface area contributed by atoms with Gasteiger partial charge in [-0.1, -0.05) is 29.0 Å². The van der Waals surface area contributed by atoms with Crippen LogP contribution in [0.25, 0.3) is 0 Å². The van der Waals surface area contributed by atoms with Crippen LogP contribution < -0.4 is 0 Å². The van der Waals surface area contributed by atoms with Crippen LogP contribution in [0.2, 0.25) is 0 Å². The van der Waals surface area contributed by atoms with Gasteiger partial charge in [-0.2, -0.15) is 0 Å². The second-order valence-corrected chi connectivity index (χ2v) is 4.27. The second-order valence-electron chi connectivity index (χ2n) is 3.19. The lowest BCUT2D eigenvalue weighted by Gasteiger charge is -2.21. The molecule has 0 radical (unpaired) electrons. The average Bonchev–Trinajstić information content (AvgIpc) is 2.06. The van der Waals surface area contributed by atoms with Crippen LogP contribution in [0.5, 0.6) is 0 Å². The van der Waals surface area contributed by atoms with Crippen LogP contribution in [0.3, 0.4) is 0 Å². The summed E-state index contributed by atoms with van der Waals surface area (Å²) in [4.78, 5) is 11.1. The third-order valence-electron chi connectivity index (χ3n) is 2.15. The summed E-state index contributed by atoms with van der Waals surface area (Å²) in [5, 5.41) is 0. The van der Waals surface area contributed by atoms with Crippen molar-refractivity contribution in [1.82, 2.24) is 0 Å². The van der Waals surface area contributed by atoms with Gasteiger partial charge in [0.15, 0.2) is 0 Å². The van der Waals surface area contributed by atoms with Gasteiger partial charge in [-0.05, 0) is 25.7 Å². The summed E-state index contributed by atoms with van der Waals surface area (Å²) in [6.45, 7) is 0. The van der Waals surface area contributed by atoms with Gasteiger partial charge in [0.25, 0.3) is 0 Å². The molecule has 0 unspecified atom stereocenters. The van der Waals surface area contributed by atoms with Crippen LogP contribution in [-0.4, -0.2) is 16.5 Å². The Labute approximate surface area is 87.2 Å². The lowest BCUT2D eigenvalue weighted by Crippen LogP contribution is -2.20. The third-order valence-corrected chi connectivity index (χ3v) is 2.69. The molecule has 0 aliphatic heterocycles. The minimum absolute atomic E-state index is 0.0173. The summed E-state index contributed by atoms with van der Waals surface area (Å²) in [6.07, 6.45) is 6.70. The van der Waals surface area contributed by atoms with E-state index in [1.54, 1.807) is 0 Å². The Hall–Kier alpha value is 0.200.